The number of Topliss-reactive ketones (excluding diaryl/α,β-unsaturated/α-hetero) is 1. The monoisotopic (exact) mass is 449 g/mol. The summed E-state index contributed by atoms with van der Waals surface area (Å²) in [6, 6.07) is 6.77. The van der Waals surface area contributed by atoms with Crippen LogP contribution in [0.2, 0.25) is 4.34 Å². The van der Waals surface area contributed by atoms with Gasteiger partial charge in [0, 0.05) is 11.5 Å². The zero-order valence-corrected chi connectivity index (χ0v) is 17.5. The first-order chi connectivity index (χ1) is 14.3. The zero-order valence-electron chi connectivity index (χ0n) is 15.9. The van der Waals surface area contributed by atoms with Gasteiger partial charge in [-0.2, -0.15) is 0 Å². The Labute approximate surface area is 181 Å². The zero-order chi connectivity index (χ0) is 21.7. The minimum Gasteiger partial charge on any atom is -0.481 e. The molecule has 1 aromatic heterocycles. The van der Waals surface area contributed by atoms with Gasteiger partial charge >= 0.3 is 5.97 Å². The van der Waals surface area contributed by atoms with Crippen molar-refractivity contribution < 1.29 is 24.3 Å². The van der Waals surface area contributed by atoms with Crippen molar-refractivity contribution in [3.05, 3.63) is 39.9 Å². The molecule has 3 rings (SSSR count). The second-order valence-corrected chi connectivity index (χ2v) is 8.58. The summed E-state index contributed by atoms with van der Waals surface area (Å²) in [4.78, 5) is 51.9. The maximum absolute atomic E-state index is 12.7. The Balaban J connectivity index is 1.60. The van der Waals surface area contributed by atoms with E-state index in [1.165, 1.54) is 0 Å². The second-order valence-electron chi connectivity index (χ2n) is 6.97. The number of nitrogens with one attached hydrogen (secondary N) is 2. The summed E-state index contributed by atoms with van der Waals surface area (Å²) < 4.78 is 0.163. The van der Waals surface area contributed by atoms with E-state index in [2.05, 4.69) is 15.6 Å². The second kappa shape index (κ2) is 9.82. The molecule has 1 fully saturated rings. The van der Waals surface area contributed by atoms with E-state index in [9.17, 15) is 19.2 Å². The molecule has 0 bridgehead atoms. The number of aliphatic carboxylic acids is 1. The van der Waals surface area contributed by atoms with Crippen molar-refractivity contribution >= 4 is 57.3 Å². The van der Waals surface area contributed by atoms with E-state index in [1.54, 1.807) is 24.3 Å². The van der Waals surface area contributed by atoms with Gasteiger partial charge in [0.2, 0.25) is 11.8 Å². The van der Waals surface area contributed by atoms with Gasteiger partial charge in [0.15, 0.2) is 10.9 Å². The first kappa shape index (κ1) is 21.9. The molecule has 3 N–H and O–H groups in total. The number of halogens is 1. The number of anilines is 2. The Kier molecular flexibility index (Phi) is 7.17. The fraction of sp³-hybridized carbons (Fsp3) is 0.350. The number of thiazole rings is 1. The van der Waals surface area contributed by atoms with Crippen LogP contribution in [-0.2, 0) is 20.8 Å². The molecule has 1 aliphatic carbocycles. The molecule has 2 aromatic rings. The van der Waals surface area contributed by atoms with Crippen LogP contribution in [0, 0.1) is 5.92 Å². The normalized spacial score (nSPS) is 13.8. The Morgan fingerprint density at radius 3 is 2.47 bits per heavy atom. The molecule has 0 radical (unpaired) electrons. The molecule has 0 saturated heterocycles. The van der Waals surface area contributed by atoms with Gasteiger partial charge in [-0.25, -0.2) is 4.98 Å². The maximum Gasteiger partial charge on any atom is 0.309 e. The number of benzene rings is 1. The molecule has 158 valence electrons. The fourth-order valence-electron chi connectivity index (χ4n) is 3.36. The van der Waals surface area contributed by atoms with Crippen LogP contribution in [0.4, 0.5) is 10.8 Å². The van der Waals surface area contributed by atoms with Gasteiger partial charge in [-0.1, -0.05) is 47.9 Å². The van der Waals surface area contributed by atoms with Crippen LogP contribution >= 0.6 is 22.9 Å². The lowest BCUT2D eigenvalue weighted by molar-refractivity contribution is -0.136. The summed E-state index contributed by atoms with van der Waals surface area (Å²) in [6.45, 7) is 0. The van der Waals surface area contributed by atoms with Gasteiger partial charge in [0.1, 0.15) is 10.8 Å². The molecule has 0 aliphatic heterocycles. The number of hydrogen-bond donors (Lipinski definition) is 3. The summed E-state index contributed by atoms with van der Waals surface area (Å²) in [7, 11) is 0. The number of hydrogen-bond acceptors (Lipinski definition) is 6. The summed E-state index contributed by atoms with van der Waals surface area (Å²) in [5.41, 5.74) is 0.977. The highest BCUT2D eigenvalue weighted by Gasteiger charge is 2.26. The number of carbonyl (C=O) groups is 4. The lowest BCUT2D eigenvalue weighted by atomic mass is 9.95. The third-order valence-electron chi connectivity index (χ3n) is 4.73. The third-order valence-corrected chi connectivity index (χ3v) is 5.98. The number of para-hydroxylation sites is 1. The smallest absolute Gasteiger partial charge is 0.309 e. The van der Waals surface area contributed by atoms with Crippen molar-refractivity contribution in [2.75, 3.05) is 10.6 Å². The van der Waals surface area contributed by atoms with Crippen molar-refractivity contribution in [3.63, 3.8) is 0 Å². The average molecular weight is 450 g/mol. The Morgan fingerprint density at radius 1 is 1.10 bits per heavy atom. The molecule has 0 unspecified atom stereocenters. The van der Waals surface area contributed by atoms with Gasteiger partial charge in [0.25, 0.3) is 0 Å². The van der Waals surface area contributed by atoms with Crippen molar-refractivity contribution in [2.24, 2.45) is 5.92 Å². The molecule has 8 nitrogen and oxygen atoms in total. The standard InChI is InChI=1S/C20H20ClN3O5S/c21-19-14(9-17(27)28)23-20(30-19)24-16(26)10-15(25)22-13-8-4-3-7-12(13)18(29)11-5-1-2-6-11/h3-4,7-8,11H,1-2,5-6,9-10H2,(H,22,25)(H,27,28)(H,23,24,26). The molecule has 1 heterocycles. The summed E-state index contributed by atoms with van der Waals surface area (Å²) in [5, 5.41) is 14.0. The first-order valence-electron chi connectivity index (χ1n) is 9.43. The highest BCUT2D eigenvalue weighted by atomic mass is 35.5. The van der Waals surface area contributed by atoms with Crippen LogP contribution in [0.3, 0.4) is 0 Å². The number of rotatable bonds is 8. The van der Waals surface area contributed by atoms with Crippen LogP contribution in [-0.4, -0.2) is 33.7 Å². The Bertz CT molecular complexity index is 985. The van der Waals surface area contributed by atoms with Crippen LogP contribution in [0.25, 0.3) is 0 Å². The summed E-state index contributed by atoms with van der Waals surface area (Å²) in [6.07, 6.45) is 2.91. The highest BCUT2D eigenvalue weighted by molar-refractivity contribution is 7.19. The van der Waals surface area contributed by atoms with Gasteiger partial charge < -0.3 is 15.7 Å². The van der Waals surface area contributed by atoms with Gasteiger partial charge in [-0.3, -0.25) is 19.2 Å². The number of carboxylic acids is 1. The lowest BCUT2D eigenvalue weighted by Crippen LogP contribution is -2.23. The largest absolute Gasteiger partial charge is 0.481 e. The van der Waals surface area contributed by atoms with E-state index >= 15 is 0 Å². The van der Waals surface area contributed by atoms with Crippen molar-refractivity contribution in [3.8, 4) is 0 Å². The molecule has 1 aromatic carbocycles. The molecule has 10 heteroatoms. The van der Waals surface area contributed by atoms with E-state index in [1.807, 2.05) is 0 Å². The van der Waals surface area contributed by atoms with Crippen molar-refractivity contribution in [1.82, 2.24) is 4.98 Å². The predicted molar refractivity (Wildman–Crippen MR) is 113 cm³/mol. The number of aromatic nitrogens is 1. The lowest BCUT2D eigenvalue weighted by Gasteiger charge is -2.13. The summed E-state index contributed by atoms with van der Waals surface area (Å²) >= 11 is 6.84. The molecule has 0 spiro atoms. The molecular weight excluding hydrogens is 430 g/mol. The topological polar surface area (TPSA) is 125 Å². The van der Waals surface area contributed by atoms with E-state index in [0.717, 1.165) is 37.0 Å². The predicted octanol–water partition coefficient (Wildman–Crippen LogP) is 3.76. The quantitative estimate of drug-likeness (QED) is 0.416. The van der Waals surface area contributed by atoms with Crippen LogP contribution in [0.1, 0.15) is 48.2 Å². The van der Waals surface area contributed by atoms with Crippen LogP contribution in [0.15, 0.2) is 24.3 Å². The minimum absolute atomic E-state index is 0.0104. The number of amides is 2. The number of nitrogens with zero attached hydrogens (tertiary/aromatic N) is 1. The fourth-order valence-corrected chi connectivity index (χ4v) is 4.41. The van der Waals surface area contributed by atoms with Gasteiger partial charge in [-0.15, -0.1) is 0 Å². The molecule has 1 saturated carbocycles. The molecule has 30 heavy (non-hydrogen) atoms. The van der Waals surface area contributed by atoms with Crippen molar-refractivity contribution in [2.45, 2.75) is 38.5 Å². The van der Waals surface area contributed by atoms with E-state index in [0.29, 0.717) is 11.3 Å². The molecular formula is C20H20ClN3O5S. The minimum atomic E-state index is -1.09. The van der Waals surface area contributed by atoms with Gasteiger partial charge in [0.05, 0.1) is 17.8 Å². The first-order valence-corrected chi connectivity index (χ1v) is 10.6. The number of ketones is 1. The number of carboxylic acid groups (broad SMARTS) is 1. The van der Waals surface area contributed by atoms with Crippen LogP contribution in [0.5, 0.6) is 0 Å². The van der Waals surface area contributed by atoms with E-state index in [4.69, 9.17) is 16.7 Å². The molecule has 1 aliphatic rings. The van der Waals surface area contributed by atoms with Gasteiger partial charge in [-0.05, 0) is 25.0 Å². The number of carbonyl (C=O) groups excluding carboxylic acids is 3. The molecule has 2 amide bonds. The SMILES string of the molecule is O=C(O)Cc1nc(NC(=O)CC(=O)Nc2ccccc2C(=O)C2CCCC2)sc1Cl. The molecule has 0 atom stereocenters. The van der Waals surface area contributed by atoms with Crippen molar-refractivity contribution in [1.29, 1.82) is 0 Å². The highest BCUT2D eigenvalue weighted by Crippen LogP contribution is 2.31. The Morgan fingerprint density at radius 2 is 1.77 bits per heavy atom. The third kappa shape index (κ3) is 5.64. The van der Waals surface area contributed by atoms with Crippen LogP contribution < -0.4 is 10.6 Å². The summed E-state index contributed by atoms with van der Waals surface area (Å²) in [5.74, 6) is -2.31. The van der Waals surface area contributed by atoms with E-state index < -0.39 is 24.2 Å². The maximum atomic E-state index is 12.7. The average Bonchev–Trinajstić information content (AvgIpc) is 3.31. The Hall–Kier alpha value is -2.78. The van der Waals surface area contributed by atoms with E-state index in [-0.39, 0.29) is 33.3 Å².